The van der Waals surface area contributed by atoms with Gasteiger partial charge in [-0.2, -0.15) is 0 Å². The Labute approximate surface area is 95.0 Å². The highest BCUT2D eigenvalue weighted by Gasteiger charge is 2.32. The van der Waals surface area contributed by atoms with Gasteiger partial charge in [0.05, 0.1) is 5.60 Å². The highest BCUT2D eigenvalue weighted by atomic mass is 16.5. The van der Waals surface area contributed by atoms with E-state index in [1.54, 1.807) is 38.2 Å². The van der Waals surface area contributed by atoms with Gasteiger partial charge in [0, 0.05) is 13.3 Å². The molecule has 1 aromatic heterocycles. The Bertz CT molecular complexity index is 352. The third-order valence-corrected chi connectivity index (χ3v) is 2.47. The van der Waals surface area contributed by atoms with E-state index in [4.69, 9.17) is 10.5 Å². The first-order chi connectivity index (χ1) is 7.47. The topological polar surface area (TPSA) is 77.2 Å². The van der Waals surface area contributed by atoms with E-state index in [1.807, 2.05) is 0 Å². The van der Waals surface area contributed by atoms with Crippen LogP contribution >= 0.6 is 0 Å². The van der Waals surface area contributed by atoms with Gasteiger partial charge in [-0.3, -0.25) is 4.79 Å². The summed E-state index contributed by atoms with van der Waals surface area (Å²) < 4.78 is 5.15. The van der Waals surface area contributed by atoms with Crippen LogP contribution in [0.15, 0.2) is 24.4 Å². The Morgan fingerprint density at radius 1 is 1.56 bits per heavy atom. The van der Waals surface area contributed by atoms with Crippen molar-refractivity contribution in [2.75, 3.05) is 12.4 Å². The molecule has 0 aliphatic heterocycles. The second-order valence-corrected chi connectivity index (χ2v) is 3.99. The number of methoxy groups -OCH3 is 1. The van der Waals surface area contributed by atoms with Crippen molar-refractivity contribution in [3.63, 3.8) is 0 Å². The summed E-state index contributed by atoms with van der Waals surface area (Å²) in [5.41, 5.74) is 5.08. The predicted octanol–water partition coefficient (Wildman–Crippen LogP) is 0.772. The molecular formula is C11H17N3O2. The van der Waals surface area contributed by atoms with E-state index in [1.165, 1.54) is 7.11 Å². The molecule has 1 atom stereocenters. The summed E-state index contributed by atoms with van der Waals surface area (Å²) in [4.78, 5) is 15.7. The molecule has 5 nitrogen and oxygen atoms in total. The van der Waals surface area contributed by atoms with Crippen LogP contribution in [0, 0.1) is 0 Å². The van der Waals surface area contributed by atoms with Gasteiger partial charge < -0.3 is 15.8 Å². The first-order valence-electron chi connectivity index (χ1n) is 5.00. The maximum atomic E-state index is 11.8. The van der Waals surface area contributed by atoms with E-state index in [0.29, 0.717) is 5.82 Å². The highest BCUT2D eigenvalue weighted by molar-refractivity contribution is 5.94. The van der Waals surface area contributed by atoms with E-state index in [2.05, 4.69) is 10.3 Å². The molecule has 1 heterocycles. The van der Waals surface area contributed by atoms with Gasteiger partial charge in [-0.05, 0) is 26.0 Å². The van der Waals surface area contributed by atoms with Gasteiger partial charge in [0.1, 0.15) is 11.9 Å². The number of hydrogen-bond donors (Lipinski definition) is 2. The number of anilines is 1. The van der Waals surface area contributed by atoms with Crippen LogP contribution in [0.2, 0.25) is 0 Å². The van der Waals surface area contributed by atoms with Crippen molar-refractivity contribution >= 4 is 11.7 Å². The molecule has 3 N–H and O–H groups in total. The maximum Gasteiger partial charge on any atom is 0.245 e. The summed E-state index contributed by atoms with van der Waals surface area (Å²) >= 11 is 0. The van der Waals surface area contributed by atoms with Crippen LogP contribution in [0.1, 0.15) is 13.8 Å². The van der Waals surface area contributed by atoms with Crippen LogP contribution in [0.25, 0.3) is 0 Å². The molecule has 88 valence electrons. The van der Waals surface area contributed by atoms with Crippen LogP contribution in [0.4, 0.5) is 5.82 Å². The van der Waals surface area contributed by atoms with Crippen molar-refractivity contribution in [3.05, 3.63) is 24.4 Å². The zero-order chi connectivity index (χ0) is 12.2. The minimum Gasteiger partial charge on any atom is -0.377 e. The number of ether oxygens (including phenoxy) is 1. The second kappa shape index (κ2) is 5.05. The summed E-state index contributed by atoms with van der Waals surface area (Å²) in [6.45, 7) is 3.52. The van der Waals surface area contributed by atoms with Gasteiger partial charge in [-0.15, -0.1) is 0 Å². The number of pyridine rings is 1. The minimum atomic E-state index is -0.750. The summed E-state index contributed by atoms with van der Waals surface area (Å²) in [5, 5.41) is 2.63. The SMILES string of the molecule is COC(C)(C)C(N)C(=O)Nc1ccccn1. The van der Waals surface area contributed by atoms with E-state index < -0.39 is 11.6 Å². The van der Waals surface area contributed by atoms with E-state index in [9.17, 15) is 4.79 Å². The Balaban J connectivity index is 2.66. The number of rotatable bonds is 4. The van der Waals surface area contributed by atoms with Gasteiger partial charge in [0.2, 0.25) is 5.91 Å². The largest absolute Gasteiger partial charge is 0.377 e. The summed E-state index contributed by atoms with van der Waals surface area (Å²) in [6, 6.07) is 4.51. The fourth-order valence-electron chi connectivity index (χ4n) is 1.08. The summed E-state index contributed by atoms with van der Waals surface area (Å²) in [5.74, 6) is 0.167. The smallest absolute Gasteiger partial charge is 0.245 e. The average molecular weight is 223 g/mol. The normalized spacial score (nSPS) is 13.2. The van der Waals surface area contributed by atoms with Crippen LogP contribution in [0.3, 0.4) is 0 Å². The molecule has 0 radical (unpaired) electrons. The highest BCUT2D eigenvalue weighted by Crippen LogP contribution is 2.13. The molecule has 1 unspecified atom stereocenters. The summed E-state index contributed by atoms with van der Waals surface area (Å²) in [7, 11) is 1.52. The Hall–Kier alpha value is -1.46. The van der Waals surface area contributed by atoms with E-state index in [-0.39, 0.29) is 5.91 Å². The molecule has 1 aromatic rings. The van der Waals surface area contributed by atoms with Crippen LogP contribution < -0.4 is 11.1 Å². The molecule has 0 aliphatic carbocycles. The lowest BCUT2D eigenvalue weighted by atomic mass is 9.99. The molecule has 1 amide bonds. The second-order valence-electron chi connectivity index (χ2n) is 3.99. The molecular weight excluding hydrogens is 206 g/mol. The molecule has 0 saturated carbocycles. The monoisotopic (exact) mass is 223 g/mol. The van der Waals surface area contributed by atoms with Gasteiger partial charge in [0.25, 0.3) is 0 Å². The van der Waals surface area contributed by atoms with E-state index in [0.717, 1.165) is 0 Å². The molecule has 0 bridgehead atoms. The number of nitrogens with zero attached hydrogens (tertiary/aromatic N) is 1. The Morgan fingerprint density at radius 2 is 2.25 bits per heavy atom. The third kappa shape index (κ3) is 3.01. The number of carbonyl (C=O) groups is 1. The molecule has 16 heavy (non-hydrogen) atoms. The lowest BCUT2D eigenvalue weighted by Gasteiger charge is -2.28. The van der Waals surface area contributed by atoms with Gasteiger partial charge in [0.15, 0.2) is 0 Å². The number of amides is 1. The lowest BCUT2D eigenvalue weighted by Crippen LogP contribution is -2.52. The van der Waals surface area contributed by atoms with Crippen molar-refractivity contribution in [2.45, 2.75) is 25.5 Å². The van der Waals surface area contributed by atoms with Crippen molar-refractivity contribution in [1.82, 2.24) is 4.98 Å². The van der Waals surface area contributed by atoms with Crippen LogP contribution in [-0.2, 0) is 9.53 Å². The molecule has 0 aromatic carbocycles. The van der Waals surface area contributed by atoms with Crippen molar-refractivity contribution in [2.24, 2.45) is 5.73 Å². The third-order valence-electron chi connectivity index (χ3n) is 2.47. The quantitative estimate of drug-likeness (QED) is 0.790. The first-order valence-corrected chi connectivity index (χ1v) is 5.00. The molecule has 5 heteroatoms. The van der Waals surface area contributed by atoms with Crippen LogP contribution in [-0.4, -0.2) is 29.6 Å². The predicted molar refractivity (Wildman–Crippen MR) is 61.9 cm³/mol. The average Bonchev–Trinajstić information content (AvgIpc) is 2.29. The zero-order valence-electron chi connectivity index (χ0n) is 9.73. The van der Waals surface area contributed by atoms with Crippen molar-refractivity contribution in [1.29, 1.82) is 0 Å². The van der Waals surface area contributed by atoms with Crippen LogP contribution in [0.5, 0.6) is 0 Å². The van der Waals surface area contributed by atoms with E-state index >= 15 is 0 Å². The number of nitrogens with two attached hydrogens (primary N) is 1. The Kier molecular flexibility index (Phi) is 3.98. The fourth-order valence-corrected chi connectivity index (χ4v) is 1.08. The van der Waals surface area contributed by atoms with Crippen molar-refractivity contribution in [3.8, 4) is 0 Å². The van der Waals surface area contributed by atoms with Gasteiger partial charge >= 0.3 is 0 Å². The lowest BCUT2D eigenvalue weighted by molar-refractivity contribution is -0.123. The minimum absolute atomic E-state index is 0.314. The fraction of sp³-hybridized carbons (Fsp3) is 0.455. The van der Waals surface area contributed by atoms with Gasteiger partial charge in [-0.1, -0.05) is 6.07 Å². The zero-order valence-corrected chi connectivity index (χ0v) is 9.73. The van der Waals surface area contributed by atoms with Crippen molar-refractivity contribution < 1.29 is 9.53 Å². The molecule has 1 rings (SSSR count). The maximum absolute atomic E-state index is 11.8. The first kappa shape index (κ1) is 12.6. The number of aromatic nitrogens is 1. The standard InChI is InChI=1S/C11H17N3O2/c1-11(2,16-3)9(12)10(15)14-8-6-4-5-7-13-8/h4-7,9H,12H2,1-3H3,(H,13,14,15). The molecule has 0 saturated heterocycles. The van der Waals surface area contributed by atoms with Gasteiger partial charge in [-0.25, -0.2) is 4.98 Å². The molecule has 0 fully saturated rings. The number of nitrogens with one attached hydrogen (secondary N) is 1. The number of carbonyl (C=O) groups excluding carboxylic acids is 1. The number of hydrogen-bond acceptors (Lipinski definition) is 4. The molecule has 0 aliphatic rings. The molecule has 0 spiro atoms. The Morgan fingerprint density at radius 3 is 2.75 bits per heavy atom. The summed E-state index contributed by atoms with van der Waals surface area (Å²) in [6.07, 6.45) is 1.60.